The maximum absolute atomic E-state index is 11.2. The second-order valence-corrected chi connectivity index (χ2v) is 4.30. The van der Waals surface area contributed by atoms with Crippen LogP contribution >= 0.6 is 0 Å². The fourth-order valence-corrected chi connectivity index (χ4v) is 1.92. The van der Waals surface area contributed by atoms with Gasteiger partial charge in [0.25, 0.3) is 0 Å². The molecule has 1 aliphatic rings. The summed E-state index contributed by atoms with van der Waals surface area (Å²) < 4.78 is 9.92. The average molecular weight is 250 g/mol. The molecular weight excluding hydrogens is 232 g/mol. The van der Waals surface area contributed by atoms with E-state index in [-0.39, 0.29) is 5.97 Å². The van der Waals surface area contributed by atoms with E-state index >= 15 is 0 Å². The smallest absolute Gasteiger partial charge is 0.339 e. The number of ether oxygens (including phenoxy) is 2. The van der Waals surface area contributed by atoms with E-state index in [4.69, 9.17) is 4.74 Å². The molecule has 0 amide bonds. The predicted octanol–water partition coefficient (Wildman–Crippen LogP) is 1.14. The van der Waals surface area contributed by atoms with Crippen LogP contribution in [-0.4, -0.2) is 37.3 Å². The fraction of sp³-hybridized carbons (Fsp3) is 0.538. The van der Waals surface area contributed by atoms with Crippen molar-refractivity contribution in [3.8, 4) is 0 Å². The van der Waals surface area contributed by atoms with Gasteiger partial charge in [0.1, 0.15) is 0 Å². The Morgan fingerprint density at radius 2 is 2.28 bits per heavy atom. The van der Waals surface area contributed by atoms with Crippen molar-refractivity contribution in [3.63, 3.8) is 0 Å². The van der Waals surface area contributed by atoms with Crippen molar-refractivity contribution < 1.29 is 14.3 Å². The summed E-state index contributed by atoms with van der Waals surface area (Å²) in [6.07, 6.45) is 3.63. The number of hydrogen-bond donors (Lipinski definition) is 1. The topological polar surface area (TPSA) is 60.5 Å². The number of carbonyl (C=O) groups excluding carboxylic acids is 1. The average Bonchev–Trinajstić information content (AvgIpc) is 2.46. The van der Waals surface area contributed by atoms with Gasteiger partial charge in [-0.15, -0.1) is 0 Å². The van der Waals surface area contributed by atoms with Crippen LogP contribution in [0.4, 0.5) is 0 Å². The molecule has 0 atom stereocenters. The highest BCUT2D eigenvalue weighted by Crippen LogP contribution is 2.07. The number of nitrogens with one attached hydrogen (secondary N) is 1. The Morgan fingerprint density at radius 1 is 1.50 bits per heavy atom. The molecule has 98 valence electrons. The van der Waals surface area contributed by atoms with Crippen LogP contribution in [0.15, 0.2) is 18.3 Å². The van der Waals surface area contributed by atoms with Gasteiger partial charge in [0.15, 0.2) is 0 Å². The molecular formula is C13H18N2O3. The van der Waals surface area contributed by atoms with E-state index in [0.29, 0.717) is 18.2 Å². The lowest BCUT2D eigenvalue weighted by atomic mass is 10.1. The van der Waals surface area contributed by atoms with Crippen LogP contribution in [0.25, 0.3) is 0 Å². The van der Waals surface area contributed by atoms with Gasteiger partial charge in [0.05, 0.1) is 18.4 Å². The monoisotopic (exact) mass is 250 g/mol. The lowest BCUT2D eigenvalue weighted by molar-refractivity contribution is 0.0600. The normalized spacial score (nSPS) is 16.5. The Kier molecular flexibility index (Phi) is 4.66. The minimum Gasteiger partial charge on any atom is -0.465 e. The zero-order valence-electron chi connectivity index (χ0n) is 10.5. The Morgan fingerprint density at radius 3 is 2.89 bits per heavy atom. The Labute approximate surface area is 107 Å². The molecule has 0 spiro atoms. The van der Waals surface area contributed by atoms with Crippen LogP contribution in [0.2, 0.25) is 0 Å². The molecule has 5 heteroatoms. The molecule has 2 heterocycles. The number of carbonyl (C=O) groups is 1. The second kappa shape index (κ2) is 6.47. The van der Waals surface area contributed by atoms with Gasteiger partial charge in [-0.25, -0.2) is 4.79 Å². The zero-order valence-corrected chi connectivity index (χ0v) is 10.5. The number of aromatic nitrogens is 1. The Bertz CT molecular complexity index is 386. The molecule has 1 N–H and O–H groups in total. The summed E-state index contributed by atoms with van der Waals surface area (Å²) >= 11 is 0. The summed E-state index contributed by atoms with van der Waals surface area (Å²) in [5, 5.41) is 3.44. The van der Waals surface area contributed by atoms with Crippen molar-refractivity contribution in [2.75, 3.05) is 20.3 Å². The van der Waals surface area contributed by atoms with E-state index in [2.05, 4.69) is 15.0 Å². The van der Waals surface area contributed by atoms with E-state index < -0.39 is 0 Å². The first-order valence-corrected chi connectivity index (χ1v) is 6.14. The van der Waals surface area contributed by atoms with E-state index in [0.717, 1.165) is 31.7 Å². The first-order chi connectivity index (χ1) is 8.79. The van der Waals surface area contributed by atoms with Crippen LogP contribution < -0.4 is 5.32 Å². The molecule has 18 heavy (non-hydrogen) atoms. The van der Waals surface area contributed by atoms with Crippen LogP contribution in [0.1, 0.15) is 28.9 Å². The molecule has 0 aromatic carbocycles. The molecule has 0 aliphatic carbocycles. The van der Waals surface area contributed by atoms with Crippen molar-refractivity contribution in [3.05, 3.63) is 29.6 Å². The minimum absolute atomic E-state index is 0.355. The van der Waals surface area contributed by atoms with Gasteiger partial charge in [-0.1, -0.05) is 0 Å². The van der Waals surface area contributed by atoms with E-state index in [1.165, 1.54) is 7.11 Å². The molecule has 0 saturated carbocycles. The maximum Gasteiger partial charge on any atom is 0.339 e. The highest BCUT2D eigenvalue weighted by atomic mass is 16.5. The number of hydrogen-bond acceptors (Lipinski definition) is 5. The third-order valence-corrected chi connectivity index (χ3v) is 3.04. The zero-order chi connectivity index (χ0) is 12.8. The molecule has 0 radical (unpaired) electrons. The molecule has 1 saturated heterocycles. The number of methoxy groups -OCH3 is 1. The van der Waals surface area contributed by atoms with Crippen LogP contribution in [-0.2, 0) is 16.0 Å². The maximum atomic E-state index is 11.2. The molecule has 2 rings (SSSR count). The number of esters is 1. The summed E-state index contributed by atoms with van der Waals surface area (Å²) in [4.78, 5) is 15.5. The van der Waals surface area contributed by atoms with Crippen molar-refractivity contribution in [1.82, 2.24) is 10.3 Å². The third-order valence-electron chi connectivity index (χ3n) is 3.04. The van der Waals surface area contributed by atoms with Crippen LogP contribution in [0, 0.1) is 0 Å². The second-order valence-electron chi connectivity index (χ2n) is 4.30. The third kappa shape index (κ3) is 3.51. The number of pyridine rings is 1. The fourth-order valence-electron chi connectivity index (χ4n) is 1.92. The SMILES string of the molecule is COC(=O)c1ccc(CNC2CCOCC2)nc1. The highest BCUT2D eigenvalue weighted by Gasteiger charge is 2.13. The van der Waals surface area contributed by atoms with Crippen molar-refractivity contribution >= 4 is 5.97 Å². The summed E-state index contributed by atoms with van der Waals surface area (Å²) in [6, 6.07) is 4.08. The highest BCUT2D eigenvalue weighted by molar-refractivity contribution is 5.88. The molecule has 1 aromatic rings. The summed E-state index contributed by atoms with van der Waals surface area (Å²) in [5.74, 6) is -0.355. The quantitative estimate of drug-likeness (QED) is 0.812. The van der Waals surface area contributed by atoms with Crippen molar-refractivity contribution in [1.29, 1.82) is 0 Å². The van der Waals surface area contributed by atoms with E-state index in [9.17, 15) is 4.79 Å². The first-order valence-electron chi connectivity index (χ1n) is 6.14. The standard InChI is InChI=1S/C13H18N2O3/c1-17-13(16)10-2-3-12(14-8-10)9-15-11-4-6-18-7-5-11/h2-3,8,11,15H,4-7,9H2,1H3. The summed E-state index contributed by atoms with van der Waals surface area (Å²) in [7, 11) is 1.36. The van der Waals surface area contributed by atoms with Gasteiger partial charge in [-0.2, -0.15) is 0 Å². The van der Waals surface area contributed by atoms with Gasteiger partial charge in [-0.3, -0.25) is 4.98 Å². The molecule has 1 aromatic heterocycles. The predicted molar refractivity (Wildman–Crippen MR) is 66.3 cm³/mol. The van der Waals surface area contributed by atoms with Gasteiger partial charge in [0.2, 0.25) is 0 Å². The van der Waals surface area contributed by atoms with Crippen molar-refractivity contribution in [2.45, 2.75) is 25.4 Å². The molecule has 0 unspecified atom stereocenters. The first kappa shape index (κ1) is 13.0. The Hall–Kier alpha value is -1.46. The molecule has 1 aliphatic heterocycles. The Balaban J connectivity index is 1.84. The van der Waals surface area contributed by atoms with Crippen LogP contribution in [0.3, 0.4) is 0 Å². The van der Waals surface area contributed by atoms with E-state index in [1.807, 2.05) is 6.07 Å². The van der Waals surface area contributed by atoms with E-state index in [1.54, 1.807) is 12.3 Å². The van der Waals surface area contributed by atoms with Gasteiger partial charge >= 0.3 is 5.97 Å². The van der Waals surface area contributed by atoms with Crippen LogP contribution in [0.5, 0.6) is 0 Å². The molecule has 0 bridgehead atoms. The lowest BCUT2D eigenvalue weighted by Gasteiger charge is -2.22. The molecule has 1 fully saturated rings. The van der Waals surface area contributed by atoms with Crippen molar-refractivity contribution in [2.24, 2.45) is 0 Å². The number of nitrogens with zero attached hydrogens (tertiary/aromatic N) is 1. The van der Waals surface area contributed by atoms with Gasteiger partial charge in [-0.05, 0) is 25.0 Å². The largest absolute Gasteiger partial charge is 0.465 e. The van der Waals surface area contributed by atoms with Gasteiger partial charge in [0, 0.05) is 32.0 Å². The summed E-state index contributed by atoms with van der Waals surface area (Å²) in [6.45, 7) is 2.37. The summed E-state index contributed by atoms with van der Waals surface area (Å²) in [5.41, 5.74) is 1.40. The number of rotatable bonds is 4. The van der Waals surface area contributed by atoms with Gasteiger partial charge < -0.3 is 14.8 Å². The minimum atomic E-state index is -0.355. The lowest BCUT2D eigenvalue weighted by Crippen LogP contribution is -2.34. The molecule has 5 nitrogen and oxygen atoms in total.